The second-order valence-corrected chi connectivity index (χ2v) is 22.4. The van der Waals surface area contributed by atoms with Gasteiger partial charge in [-0.2, -0.15) is 0 Å². The van der Waals surface area contributed by atoms with Gasteiger partial charge in [0.1, 0.15) is 0 Å². The molecule has 0 atom stereocenters. The Morgan fingerprint density at radius 3 is 1.07 bits per heavy atom. The van der Waals surface area contributed by atoms with Gasteiger partial charge < -0.3 is 4.90 Å². The Bertz CT molecular complexity index is 2740. The van der Waals surface area contributed by atoms with Crippen molar-refractivity contribution in [2.75, 3.05) is 4.90 Å². The van der Waals surface area contributed by atoms with Crippen molar-refractivity contribution in [3.8, 4) is 22.3 Å². The Kier molecular flexibility index (Phi) is 13.4. The molecule has 7 aromatic carbocycles. The Morgan fingerprint density at radius 1 is 0.286 bits per heavy atom. The Morgan fingerprint density at radius 2 is 0.614 bits per heavy atom. The molecule has 12 rings (SSSR count). The number of hydrogen-bond acceptors (Lipinski definition) is 1. The van der Waals surface area contributed by atoms with E-state index in [9.17, 15) is 0 Å². The van der Waals surface area contributed by atoms with Crippen molar-refractivity contribution < 1.29 is 0 Å². The van der Waals surface area contributed by atoms with E-state index in [-0.39, 0.29) is 0 Å². The third-order valence-electron chi connectivity index (χ3n) is 18.3. The first-order valence-electron chi connectivity index (χ1n) is 28.3. The first-order chi connectivity index (χ1) is 34.7. The van der Waals surface area contributed by atoms with Crippen LogP contribution < -0.4 is 4.90 Å². The first kappa shape index (κ1) is 45.5. The van der Waals surface area contributed by atoms with Gasteiger partial charge >= 0.3 is 0 Å². The van der Waals surface area contributed by atoms with E-state index in [0.29, 0.717) is 23.7 Å². The van der Waals surface area contributed by atoms with Crippen molar-refractivity contribution in [1.82, 2.24) is 0 Å². The molecule has 0 bridgehead atoms. The minimum absolute atomic E-state index is 0.472. The molecule has 5 aliphatic carbocycles. The summed E-state index contributed by atoms with van der Waals surface area (Å²) in [6, 6.07) is 65.6. The molecule has 70 heavy (non-hydrogen) atoms. The molecule has 0 aliphatic heterocycles. The summed E-state index contributed by atoms with van der Waals surface area (Å²) in [5.74, 6) is 2.71. The Hall–Kier alpha value is -5.66. The summed E-state index contributed by atoms with van der Waals surface area (Å²) in [6.45, 7) is 0. The zero-order valence-electron chi connectivity index (χ0n) is 41.9. The molecular weight excluding hydrogens is 843 g/mol. The zero-order chi connectivity index (χ0) is 46.7. The predicted molar refractivity (Wildman–Crippen MR) is 296 cm³/mol. The van der Waals surface area contributed by atoms with Crippen LogP contribution in [0.3, 0.4) is 0 Å². The van der Waals surface area contributed by atoms with Crippen LogP contribution in [0.1, 0.15) is 209 Å². The number of fused-ring (bicyclic) bond motifs is 3. The average molecular weight is 918 g/mol. The van der Waals surface area contributed by atoms with Crippen molar-refractivity contribution in [1.29, 1.82) is 0 Å². The lowest BCUT2D eigenvalue weighted by molar-refractivity contribution is 0.443. The molecule has 1 nitrogen and oxygen atoms in total. The number of anilines is 3. The lowest BCUT2D eigenvalue weighted by Crippen LogP contribution is -2.29. The van der Waals surface area contributed by atoms with Crippen LogP contribution in [0.15, 0.2) is 164 Å². The van der Waals surface area contributed by atoms with Gasteiger partial charge in [0.05, 0.1) is 5.41 Å². The highest BCUT2D eigenvalue weighted by molar-refractivity contribution is 5.89. The molecule has 4 fully saturated rings. The van der Waals surface area contributed by atoms with Crippen molar-refractivity contribution in [3.05, 3.63) is 208 Å². The molecule has 0 heterocycles. The number of hydrogen-bond donors (Lipinski definition) is 0. The third kappa shape index (κ3) is 8.90. The summed E-state index contributed by atoms with van der Waals surface area (Å²) in [5, 5.41) is 0. The van der Waals surface area contributed by atoms with Crippen LogP contribution in [0, 0.1) is 0 Å². The lowest BCUT2D eigenvalue weighted by atomic mass is 9.67. The molecule has 356 valence electrons. The molecule has 5 aliphatic rings. The van der Waals surface area contributed by atoms with Gasteiger partial charge in [-0.25, -0.2) is 0 Å². The van der Waals surface area contributed by atoms with E-state index in [1.165, 1.54) is 225 Å². The van der Waals surface area contributed by atoms with Crippen molar-refractivity contribution in [2.24, 2.45) is 0 Å². The summed E-state index contributed by atoms with van der Waals surface area (Å²) in [4.78, 5) is 2.54. The van der Waals surface area contributed by atoms with Gasteiger partial charge in [-0.1, -0.05) is 217 Å². The summed E-state index contributed by atoms with van der Waals surface area (Å²) in [5.41, 5.74) is 20.0. The molecule has 0 N–H and O–H groups in total. The highest BCUT2D eigenvalue weighted by Crippen LogP contribution is 2.58. The SMILES string of the molecule is c1ccc2c(c1)-c1ccc(N(c3ccc(-c4ccc(C5CCCCCCC5)cc4)cc3)c3ccc(C4CCCCC4)cc3)cc1C2(c1ccc(C2CCCCC2)cc1)c1ccc(C2CCCCC2)cc1. The van der Waals surface area contributed by atoms with Crippen LogP contribution in [0.4, 0.5) is 17.1 Å². The predicted octanol–water partition coefficient (Wildman–Crippen LogP) is 20.2. The third-order valence-corrected chi connectivity index (χ3v) is 18.3. The second-order valence-electron chi connectivity index (χ2n) is 22.4. The molecule has 0 radical (unpaired) electrons. The van der Waals surface area contributed by atoms with Crippen molar-refractivity contribution >= 4 is 17.1 Å². The maximum atomic E-state index is 2.58. The molecule has 7 aromatic rings. The van der Waals surface area contributed by atoms with E-state index in [2.05, 4.69) is 169 Å². The highest BCUT2D eigenvalue weighted by Gasteiger charge is 2.46. The molecule has 0 saturated heterocycles. The summed E-state index contributed by atoms with van der Waals surface area (Å²) in [6.07, 6.45) is 29.7. The fourth-order valence-electron chi connectivity index (χ4n) is 14.4. The van der Waals surface area contributed by atoms with Crippen molar-refractivity contribution in [2.45, 2.75) is 170 Å². The van der Waals surface area contributed by atoms with Crippen LogP contribution in [-0.2, 0) is 5.41 Å². The fourth-order valence-corrected chi connectivity index (χ4v) is 14.4. The van der Waals surface area contributed by atoms with Crippen LogP contribution in [0.2, 0.25) is 0 Å². The largest absolute Gasteiger partial charge is 0.310 e. The normalized spacial score (nSPS) is 19.2. The smallest absolute Gasteiger partial charge is 0.0714 e. The molecule has 0 amide bonds. The number of benzene rings is 7. The summed E-state index contributed by atoms with van der Waals surface area (Å²) >= 11 is 0. The zero-order valence-corrected chi connectivity index (χ0v) is 41.9. The average Bonchev–Trinajstić information content (AvgIpc) is 3.72. The van der Waals surface area contributed by atoms with Crippen LogP contribution in [0.25, 0.3) is 22.3 Å². The van der Waals surface area contributed by atoms with Crippen LogP contribution in [0.5, 0.6) is 0 Å². The van der Waals surface area contributed by atoms with Crippen LogP contribution in [-0.4, -0.2) is 0 Å². The van der Waals surface area contributed by atoms with Gasteiger partial charge in [0.25, 0.3) is 0 Å². The topological polar surface area (TPSA) is 3.24 Å². The maximum Gasteiger partial charge on any atom is 0.0714 e. The van der Waals surface area contributed by atoms with Crippen molar-refractivity contribution in [3.63, 3.8) is 0 Å². The summed E-state index contributed by atoms with van der Waals surface area (Å²) < 4.78 is 0. The second kappa shape index (κ2) is 20.6. The lowest BCUT2D eigenvalue weighted by Gasteiger charge is -2.35. The van der Waals surface area contributed by atoms with Gasteiger partial charge in [0.2, 0.25) is 0 Å². The molecule has 1 heteroatoms. The quantitative estimate of drug-likeness (QED) is 0.132. The van der Waals surface area contributed by atoms with E-state index in [4.69, 9.17) is 0 Å². The van der Waals surface area contributed by atoms with E-state index >= 15 is 0 Å². The maximum absolute atomic E-state index is 2.58. The first-order valence-corrected chi connectivity index (χ1v) is 28.3. The molecular formula is C69H75N. The number of nitrogens with zero attached hydrogens (tertiary/aromatic N) is 1. The van der Waals surface area contributed by atoms with Gasteiger partial charge in [0.15, 0.2) is 0 Å². The van der Waals surface area contributed by atoms with Gasteiger partial charge in [-0.05, 0) is 178 Å². The fraction of sp³-hybridized carbons (Fsp3) is 0.391. The Labute approximate surface area is 420 Å². The summed E-state index contributed by atoms with van der Waals surface area (Å²) in [7, 11) is 0. The Balaban J connectivity index is 0.972. The monoisotopic (exact) mass is 918 g/mol. The minimum atomic E-state index is -0.472. The van der Waals surface area contributed by atoms with Gasteiger partial charge in [-0.15, -0.1) is 0 Å². The van der Waals surface area contributed by atoms with Crippen LogP contribution >= 0.6 is 0 Å². The molecule has 0 spiro atoms. The highest BCUT2D eigenvalue weighted by atomic mass is 15.1. The van der Waals surface area contributed by atoms with E-state index in [0.717, 1.165) is 0 Å². The molecule has 0 aromatic heterocycles. The van der Waals surface area contributed by atoms with E-state index in [1.807, 2.05) is 0 Å². The van der Waals surface area contributed by atoms with E-state index in [1.54, 1.807) is 0 Å². The van der Waals surface area contributed by atoms with Gasteiger partial charge in [-0.3, -0.25) is 0 Å². The standard InChI is InChI=1S/C69H75N/c1-2-7-17-50(18-8-3-1)54-27-29-55(30-28-54)59-37-45-63(46-38-59)70(62-43-35-58(36-44-62)53-23-13-6-14-24-53)64-47-48-66-65-25-15-16-26-67(65)69(68(66)49-64,60-39-31-56(32-40-60)51-19-9-4-10-20-51)61-41-33-57(34-42-61)52-21-11-5-12-22-52/h15-16,25-53H,1-14,17-24H2. The molecule has 4 saturated carbocycles. The minimum Gasteiger partial charge on any atom is -0.310 e. The number of rotatable bonds is 10. The van der Waals surface area contributed by atoms with Gasteiger partial charge in [0, 0.05) is 17.1 Å². The van der Waals surface area contributed by atoms with E-state index < -0.39 is 5.41 Å². The molecule has 0 unspecified atom stereocenters.